The van der Waals surface area contributed by atoms with Gasteiger partial charge in [-0.1, -0.05) is 6.42 Å². The van der Waals surface area contributed by atoms with E-state index in [9.17, 15) is 4.79 Å². The van der Waals surface area contributed by atoms with Crippen LogP contribution in [0.25, 0.3) is 0 Å². The summed E-state index contributed by atoms with van der Waals surface area (Å²) in [6, 6.07) is 0. The molecule has 3 atom stereocenters. The van der Waals surface area contributed by atoms with Gasteiger partial charge in [-0.15, -0.1) is 0 Å². The number of carbonyl (C=O) groups excluding carboxylic acids is 1. The molecule has 2 bridgehead atoms. The lowest BCUT2D eigenvalue weighted by molar-refractivity contribution is -0.122. The SMILES string of the molecule is CNCCCNC(=O)CC1CC2CCC1C2. The molecule has 0 heterocycles. The highest BCUT2D eigenvalue weighted by atomic mass is 16.1. The fourth-order valence-electron chi connectivity index (χ4n) is 3.43. The summed E-state index contributed by atoms with van der Waals surface area (Å²) in [5.74, 6) is 2.79. The predicted octanol–water partition coefficient (Wildman–Crippen LogP) is 1.54. The first-order chi connectivity index (χ1) is 7.79. The second-order valence-electron chi connectivity index (χ2n) is 5.45. The van der Waals surface area contributed by atoms with Gasteiger partial charge < -0.3 is 10.6 Å². The Hall–Kier alpha value is -0.570. The Morgan fingerprint density at radius 3 is 2.75 bits per heavy atom. The molecule has 2 aliphatic carbocycles. The average molecular weight is 224 g/mol. The maximum absolute atomic E-state index is 11.7. The predicted molar refractivity (Wildman–Crippen MR) is 65.1 cm³/mol. The Morgan fingerprint density at radius 2 is 2.12 bits per heavy atom. The number of rotatable bonds is 6. The van der Waals surface area contributed by atoms with E-state index in [0.717, 1.165) is 37.8 Å². The summed E-state index contributed by atoms with van der Waals surface area (Å²) in [6.07, 6.45) is 7.32. The van der Waals surface area contributed by atoms with Gasteiger partial charge >= 0.3 is 0 Å². The zero-order chi connectivity index (χ0) is 11.4. The van der Waals surface area contributed by atoms with Crippen molar-refractivity contribution in [1.29, 1.82) is 0 Å². The molecule has 0 spiro atoms. The maximum Gasteiger partial charge on any atom is 0.220 e. The Bertz CT molecular complexity index is 242. The highest BCUT2D eigenvalue weighted by Gasteiger charge is 2.39. The number of hydrogen-bond acceptors (Lipinski definition) is 2. The van der Waals surface area contributed by atoms with Crippen molar-refractivity contribution in [3.8, 4) is 0 Å². The van der Waals surface area contributed by atoms with E-state index in [1.54, 1.807) is 0 Å². The third-order valence-electron chi connectivity index (χ3n) is 4.26. The second kappa shape index (κ2) is 5.67. The average Bonchev–Trinajstić information content (AvgIpc) is 2.86. The van der Waals surface area contributed by atoms with Crippen LogP contribution in [0.15, 0.2) is 0 Å². The van der Waals surface area contributed by atoms with Gasteiger partial charge in [-0.25, -0.2) is 0 Å². The standard InChI is InChI=1S/C13H24N2O/c1-14-5-2-6-15-13(16)9-12-8-10-3-4-11(12)7-10/h10-12,14H,2-9H2,1H3,(H,15,16). The molecule has 3 unspecified atom stereocenters. The van der Waals surface area contributed by atoms with Crippen molar-refractivity contribution < 1.29 is 4.79 Å². The number of fused-ring (bicyclic) bond motifs is 2. The quantitative estimate of drug-likeness (QED) is 0.672. The zero-order valence-corrected chi connectivity index (χ0v) is 10.3. The summed E-state index contributed by atoms with van der Waals surface area (Å²) in [4.78, 5) is 11.7. The fraction of sp³-hybridized carbons (Fsp3) is 0.923. The van der Waals surface area contributed by atoms with E-state index < -0.39 is 0 Å². The molecule has 0 saturated heterocycles. The highest BCUT2D eigenvalue weighted by molar-refractivity contribution is 5.76. The smallest absolute Gasteiger partial charge is 0.220 e. The molecule has 92 valence electrons. The summed E-state index contributed by atoms with van der Waals surface area (Å²) in [6.45, 7) is 1.80. The van der Waals surface area contributed by atoms with Crippen LogP contribution in [0.4, 0.5) is 0 Å². The van der Waals surface area contributed by atoms with Crippen molar-refractivity contribution in [1.82, 2.24) is 10.6 Å². The Kier molecular flexibility index (Phi) is 4.22. The summed E-state index contributed by atoms with van der Waals surface area (Å²) < 4.78 is 0. The van der Waals surface area contributed by atoms with E-state index in [4.69, 9.17) is 0 Å². The van der Waals surface area contributed by atoms with Gasteiger partial charge in [-0.3, -0.25) is 4.79 Å². The molecule has 3 heteroatoms. The lowest BCUT2D eigenvalue weighted by Gasteiger charge is -2.20. The van der Waals surface area contributed by atoms with E-state index in [1.165, 1.54) is 25.7 Å². The Balaban J connectivity index is 1.60. The summed E-state index contributed by atoms with van der Waals surface area (Å²) in [5.41, 5.74) is 0. The van der Waals surface area contributed by atoms with Gasteiger partial charge in [0.1, 0.15) is 0 Å². The normalized spacial score (nSPS) is 31.9. The van der Waals surface area contributed by atoms with Gasteiger partial charge in [0.25, 0.3) is 0 Å². The Labute approximate surface area is 98.4 Å². The molecule has 3 nitrogen and oxygen atoms in total. The van der Waals surface area contributed by atoms with E-state index in [2.05, 4.69) is 10.6 Å². The van der Waals surface area contributed by atoms with Crippen LogP contribution in [0.5, 0.6) is 0 Å². The lowest BCUT2D eigenvalue weighted by Crippen LogP contribution is -2.29. The van der Waals surface area contributed by atoms with E-state index in [1.807, 2.05) is 7.05 Å². The minimum atomic E-state index is 0.272. The van der Waals surface area contributed by atoms with Crippen LogP contribution in [0, 0.1) is 17.8 Å². The van der Waals surface area contributed by atoms with E-state index >= 15 is 0 Å². The zero-order valence-electron chi connectivity index (χ0n) is 10.3. The molecule has 2 saturated carbocycles. The molecule has 1 amide bonds. The number of nitrogens with one attached hydrogen (secondary N) is 2. The first-order valence-electron chi connectivity index (χ1n) is 6.71. The van der Waals surface area contributed by atoms with E-state index in [-0.39, 0.29) is 5.91 Å². The van der Waals surface area contributed by atoms with Crippen LogP contribution in [-0.4, -0.2) is 26.0 Å². The minimum Gasteiger partial charge on any atom is -0.356 e. The fourth-order valence-corrected chi connectivity index (χ4v) is 3.43. The van der Waals surface area contributed by atoms with Gasteiger partial charge in [0, 0.05) is 13.0 Å². The van der Waals surface area contributed by atoms with Gasteiger partial charge in [0.2, 0.25) is 5.91 Å². The van der Waals surface area contributed by atoms with Crippen LogP contribution >= 0.6 is 0 Å². The van der Waals surface area contributed by atoms with Gasteiger partial charge in [0.05, 0.1) is 0 Å². The topological polar surface area (TPSA) is 41.1 Å². The third-order valence-corrected chi connectivity index (χ3v) is 4.26. The first-order valence-corrected chi connectivity index (χ1v) is 6.71. The van der Waals surface area contributed by atoms with Crippen molar-refractivity contribution in [2.24, 2.45) is 17.8 Å². The summed E-state index contributed by atoms with van der Waals surface area (Å²) in [7, 11) is 1.94. The minimum absolute atomic E-state index is 0.272. The van der Waals surface area contributed by atoms with E-state index in [0.29, 0.717) is 5.92 Å². The molecule has 2 aliphatic rings. The van der Waals surface area contributed by atoms with Crippen LogP contribution in [0.2, 0.25) is 0 Å². The molecular weight excluding hydrogens is 200 g/mol. The molecule has 0 aromatic carbocycles. The van der Waals surface area contributed by atoms with Gasteiger partial charge in [-0.2, -0.15) is 0 Å². The number of hydrogen-bond donors (Lipinski definition) is 2. The monoisotopic (exact) mass is 224 g/mol. The van der Waals surface area contributed by atoms with Gasteiger partial charge in [0.15, 0.2) is 0 Å². The van der Waals surface area contributed by atoms with Crippen molar-refractivity contribution in [3.63, 3.8) is 0 Å². The third kappa shape index (κ3) is 2.97. The van der Waals surface area contributed by atoms with Crippen LogP contribution in [-0.2, 0) is 4.79 Å². The van der Waals surface area contributed by atoms with Crippen LogP contribution < -0.4 is 10.6 Å². The largest absolute Gasteiger partial charge is 0.356 e. The van der Waals surface area contributed by atoms with Crippen molar-refractivity contribution in [3.05, 3.63) is 0 Å². The highest BCUT2D eigenvalue weighted by Crippen LogP contribution is 2.49. The molecule has 0 aliphatic heterocycles. The summed E-state index contributed by atoms with van der Waals surface area (Å²) in [5, 5.41) is 6.11. The molecule has 2 rings (SSSR count). The van der Waals surface area contributed by atoms with Crippen LogP contribution in [0.1, 0.15) is 38.5 Å². The Morgan fingerprint density at radius 1 is 1.25 bits per heavy atom. The molecule has 0 aromatic rings. The maximum atomic E-state index is 11.7. The lowest BCUT2D eigenvalue weighted by atomic mass is 9.86. The van der Waals surface area contributed by atoms with Crippen molar-refractivity contribution >= 4 is 5.91 Å². The molecular formula is C13H24N2O. The first kappa shape index (κ1) is 11.9. The second-order valence-corrected chi connectivity index (χ2v) is 5.45. The summed E-state index contributed by atoms with van der Waals surface area (Å²) >= 11 is 0. The van der Waals surface area contributed by atoms with Gasteiger partial charge in [-0.05, 0) is 57.0 Å². The number of amides is 1. The van der Waals surface area contributed by atoms with Crippen molar-refractivity contribution in [2.75, 3.05) is 20.1 Å². The molecule has 16 heavy (non-hydrogen) atoms. The molecule has 0 radical (unpaired) electrons. The van der Waals surface area contributed by atoms with Crippen molar-refractivity contribution in [2.45, 2.75) is 38.5 Å². The van der Waals surface area contributed by atoms with Crippen LogP contribution in [0.3, 0.4) is 0 Å². The molecule has 2 N–H and O–H groups in total. The number of carbonyl (C=O) groups is 1. The molecule has 0 aromatic heterocycles. The molecule has 2 fully saturated rings.